The van der Waals surface area contributed by atoms with E-state index in [4.69, 9.17) is 11.6 Å². The van der Waals surface area contributed by atoms with E-state index in [0.717, 1.165) is 5.56 Å². The molecule has 0 aliphatic heterocycles. The van der Waals surface area contributed by atoms with Crippen molar-refractivity contribution in [2.45, 2.75) is 0 Å². The van der Waals surface area contributed by atoms with Crippen LogP contribution in [0, 0.1) is 0 Å². The number of halogens is 1. The molecule has 2 aromatic rings. The van der Waals surface area contributed by atoms with Crippen molar-refractivity contribution in [3.05, 3.63) is 71.3 Å². The Labute approximate surface area is 128 Å². The molecular formula is C16H14ClN3O. The first kappa shape index (κ1) is 14.8. The number of carbonyl (C=O) groups is 1. The smallest absolute Gasteiger partial charge is 0.307 e. The second kappa shape index (κ2) is 7.87. The molecule has 21 heavy (non-hydrogen) atoms. The van der Waals surface area contributed by atoms with Crippen LogP contribution >= 0.6 is 11.6 Å². The molecule has 0 radical (unpaired) electrons. The van der Waals surface area contributed by atoms with Crippen molar-refractivity contribution < 1.29 is 4.79 Å². The van der Waals surface area contributed by atoms with Crippen molar-refractivity contribution in [2.24, 2.45) is 5.10 Å². The van der Waals surface area contributed by atoms with Gasteiger partial charge in [-0.05, 0) is 23.8 Å². The van der Waals surface area contributed by atoms with E-state index < -0.39 is 6.03 Å². The van der Waals surface area contributed by atoms with E-state index in [0.29, 0.717) is 10.7 Å². The zero-order chi connectivity index (χ0) is 14.9. The van der Waals surface area contributed by atoms with Crippen molar-refractivity contribution in [3.8, 4) is 0 Å². The molecule has 0 spiro atoms. The minimum Gasteiger partial charge on any atom is -0.307 e. The number of urea groups is 1. The molecule has 0 saturated heterocycles. The summed E-state index contributed by atoms with van der Waals surface area (Å²) in [7, 11) is 0. The zero-order valence-corrected chi connectivity index (χ0v) is 11.9. The lowest BCUT2D eigenvalue weighted by Crippen LogP contribution is -2.24. The van der Waals surface area contributed by atoms with Gasteiger partial charge in [-0.15, -0.1) is 0 Å². The first-order valence-corrected chi connectivity index (χ1v) is 6.69. The van der Waals surface area contributed by atoms with E-state index in [-0.39, 0.29) is 0 Å². The molecule has 2 rings (SSSR count). The van der Waals surface area contributed by atoms with E-state index in [9.17, 15) is 4.79 Å². The van der Waals surface area contributed by atoms with Gasteiger partial charge in [0.1, 0.15) is 0 Å². The summed E-state index contributed by atoms with van der Waals surface area (Å²) in [5.41, 5.74) is 3.99. The molecule has 2 N–H and O–H groups in total. The van der Waals surface area contributed by atoms with Crippen LogP contribution in [-0.2, 0) is 0 Å². The van der Waals surface area contributed by atoms with Gasteiger partial charge >= 0.3 is 6.03 Å². The molecule has 0 saturated carbocycles. The Morgan fingerprint density at radius 1 is 1.00 bits per heavy atom. The molecule has 0 heterocycles. The molecule has 0 aliphatic carbocycles. The zero-order valence-electron chi connectivity index (χ0n) is 11.2. The highest BCUT2D eigenvalue weighted by molar-refractivity contribution is 6.41. The quantitative estimate of drug-likeness (QED) is 0.649. The number of nitrogens with zero attached hydrogens (tertiary/aromatic N) is 1. The Kier molecular flexibility index (Phi) is 5.55. The Morgan fingerprint density at radius 3 is 2.29 bits per heavy atom. The average Bonchev–Trinajstić information content (AvgIpc) is 2.49. The first-order chi connectivity index (χ1) is 10.2. The molecule has 0 aromatic heterocycles. The number of hydrogen-bond donors (Lipinski definition) is 2. The van der Waals surface area contributed by atoms with Crippen LogP contribution in [0.15, 0.2) is 70.8 Å². The van der Waals surface area contributed by atoms with Crippen LogP contribution in [0.4, 0.5) is 10.5 Å². The summed E-state index contributed by atoms with van der Waals surface area (Å²) < 4.78 is 0. The molecular weight excluding hydrogens is 286 g/mol. The fourth-order valence-electron chi connectivity index (χ4n) is 1.58. The molecule has 4 nitrogen and oxygen atoms in total. The summed E-state index contributed by atoms with van der Waals surface area (Å²) in [4.78, 5) is 11.6. The van der Waals surface area contributed by atoms with Crippen molar-refractivity contribution in [1.82, 2.24) is 5.43 Å². The third-order valence-electron chi connectivity index (χ3n) is 2.49. The number of rotatable bonds is 4. The number of carbonyl (C=O) groups excluding carboxylic acids is 1. The lowest BCUT2D eigenvalue weighted by Gasteiger charge is -2.02. The fourth-order valence-corrected chi connectivity index (χ4v) is 1.75. The van der Waals surface area contributed by atoms with Crippen molar-refractivity contribution in [1.29, 1.82) is 0 Å². The fraction of sp³-hybridized carbons (Fsp3) is 0. The number of anilines is 1. The third kappa shape index (κ3) is 5.50. The van der Waals surface area contributed by atoms with E-state index in [1.54, 1.807) is 18.2 Å². The highest BCUT2D eigenvalue weighted by atomic mass is 35.5. The van der Waals surface area contributed by atoms with Gasteiger partial charge in [-0.2, -0.15) is 5.10 Å². The molecule has 5 heteroatoms. The van der Waals surface area contributed by atoms with Gasteiger partial charge in [0.2, 0.25) is 0 Å². The average molecular weight is 300 g/mol. The van der Waals surface area contributed by atoms with Gasteiger partial charge < -0.3 is 5.32 Å². The number of allylic oxidation sites excluding steroid dienone is 1. The molecule has 106 valence electrons. The Hall–Kier alpha value is -2.59. The van der Waals surface area contributed by atoms with Crippen LogP contribution < -0.4 is 10.7 Å². The van der Waals surface area contributed by atoms with Gasteiger partial charge in [0, 0.05) is 5.69 Å². The molecule has 0 unspecified atom stereocenters. The van der Waals surface area contributed by atoms with E-state index >= 15 is 0 Å². The number of hydrogen-bond acceptors (Lipinski definition) is 2. The Morgan fingerprint density at radius 2 is 1.62 bits per heavy atom. The first-order valence-electron chi connectivity index (χ1n) is 6.31. The minimum atomic E-state index is -0.429. The van der Waals surface area contributed by atoms with E-state index in [1.165, 1.54) is 6.21 Å². The normalized spacial score (nSPS) is 11.4. The maximum absolute atomic E-state index is 11.6. The van der Waals surface area contributed by atoms with E-state index in [1.807, 2.05) is 48.5 Å². The van der Waals surface area contributed by atoms with Gasteiger partial charge in [0.25, 0.3) is 0 Å². The summed E-state index contributed by atoms with van der Waals surface area (Å²) >= 11 is 6.00. The van der Waals surface area contributed by atoms with Crippen LogP contribution in [0.5, 0.6) is 0 Å². The van der Waals surface area contributed by atoms with Crippen molar-refractivity contribution in [2.75, 3.05) is 5.32 Å². The summed E-state index contributed by atoms with van der Waals surface area (Å²) in [6.45, 7) is 0. The van der Waals surface area contributed by atoms with Gasteiger partial charge in [0.15, 0.2) is 0 Å². The molecule has 2 amide bonds. The third-order valence-corrected chi connectivity index (χ3v) is 2.70. The Bertz CT molecular complexity index is 639. The number of para-hydroxylation sites is 1. The summed E-state index contributed by atoms with van der Waals surface area (Å²) in [6, 6.07) is 18.3. The van der Waals surface area contributed by atoms with Crippen LogP contribution in [0.1, 0.15) is 5.56 Å². The van der Waals surface area contributed by atoms with Crippen LogP contribution in [0.25, 0.3) is 6.08 Å². The Balaban J connectivity index is 1.84. The molecule has 0 fully saturated rings. The van der Waals surface area contributed by atoms with Crippen molar-refractivity contribution >= 4 is 35.6 Å². The number of hydrazone groups is 1. The monoisotopic (exact) mass is 299 g/mol. The SMILES string of the molecule is O=C(N/N=C\C(Cl)=C\c1ccccc1)Nc1ccccc1. The number of amides is 2. The second-order valence-electron chi connectivity index (χ2n) is 4.13. The van der Waals surface area contributed by atoms with Gasteiger partial charge in [-0.3, -0.25) is 0 Å². The molecule has 0 bridgehead atoms. The molecule has 2 aromatic carbocycles. The predicted molar refractivity (Wildman–Crippen MR) is 87.4 cm³/mol. The number of benzene rings is 2. The predicted octanol–water partition coefficient (Wildman–Crippen LogP) is 4.07. The minimum absolute atomic E-state index is 0.418. The standard InChI is InChI=1S/C16H14ClN3O/c17-14(11-13-7-3-1-4-8-13)12-18-20-16(21)19-15-9-5-2-6-10-15/h1-12H,(H2,19,20,21)/b14-11-,18-12-. The van der Waals surface area contributed by atoms with Crippen LogP contribution in [-0.4, -0.2) is 12.2 Å². The molecule has 0 atom stereocenters. The van der Waals surface area contributed by atoms with Crippen molar-refractivity contribution in [3.63, 3.8) is 0 Å². The van der Waals surface area contributed by atoms with Gasteiger partial charge in [-0.25, -0.2) is 10.2 Å². The van der Waals surface area contributed by atoms with Crippen LogP contribution in [0.3, 0.4) is 0 Å². The maximum Gasteiger partial charge on any atom is 0.339 e. The summed E-state index contributed by atoms with van der Waals surface area (Å²) in [6.07, 6.45) is 3.13. The van der Waals surface area contributed by atoms with Gasteiger partial charge in [0.05, 0.1) is 11.2 Å². The topological polar surface area (TPSA) is 53.5 Å². The second-order valence-corrected chi connectivity index (χ2v) is 4.57. The number of nitrogens with one attached hydrogen (secondary N) is 2. The lowest BCUT2D eigenvalue weighted by molar-refractivity contribution is 0.252. The highest BCUT2D eigenvalue weighted by Gasteiger charge is 1.98. The highest BCUT2D eigenvalue weighted by Crippen LogP contribution is 2.08. The van der Waals surface area contributed by atoms with Gasteiger partial charge in [-0.1, -0.05) is 60.1 Å². The summed E-state index contributed by atoms with van der Waals surface area (Å²) in [5.74, 6) is 0. The molecule has 0 aliphatic rings. The van der Waals surface area contributed by atoms with E-state index in [2.05, 4.69) is 15.8 Å². The largest absolute Gasteiger partial charge is 0.339 e. The lowest BCUT2D eigenvalue weighted by atomic mass is 10.2. The van der Waals surface area contributed by atoms with Crippen LogP contribution in [0.2, 0.25) is 0 Å². The summed E-state index contributed by atoms with van der Waals surface area (Å²) in [5, 5.41) is 6.83. The maximum atomic E-state index is 11.6.